The van der Waals surface area contributed by atoms with Crippen LogP contribution in [0.25, 0.3) is 0 Å². The number of ether oxygens (including phenoxy) is 1. The summed E-state index contributed by atoms with van der Waals surface area (Å²) < 4.78 is 5.65. The zero-order chi connectivity index (χ0) is 17.0. The third kappa shape index (κ3) is 4.59. The molecule has 0 atom stereocenters. The maximum atomic E-state index is 12.6. The van der Waals surface area contributed by atoms with Crippen molar-refractivity contribution in [1.82, 2.24) is 0 Å². The predicted octanol–water partition coefficient (Wildman–Crippen LogP) is 5.02. The van der Waals surface area contributed by atoms with Gasteiger partial charge in [0, 0.05) is 11.3 Å². The number of hydrogen-bond acceptors (Lipinski definition) is 2. The molecule has 2 aromatic rings. The topological polar surface area (TPSA) is 38.3 Å². The van der Waals surface area contributed by atoms with Crippen molar-refractivity contribution < 1.29 is 9.53 Å². The molecule has 0 unspecified atom stereocenters. The minimum atomic E-state index is -0.129. The van der Waals surface area contributed by atoms with Crippen LogP contribution in [0.3, 0.4) is 0 Å². The summed E-state index contributed by atoms with van der Waals surface area (Å²) in [6.45, 7) is 10.3. The van der Waals surface area contributed by atoms with Crippen LogP contribution in [-0.4, -0.2) is 12.0 Å². The molecule has 0 aromatic heterocycles. The van der Waals surface area contributed by atoms with E-state index >= 15 is 0 Å². The van der Waals surface area contributed by atoms with Crippen LogP contribution in [0.5, 0.6) is 5.75 Å². The predicted molar refractivity (Wildman–Crippen MR) is 95.3 cm³/mol. The van der Waals surface area contributed by atoms with Gasteiger partial charge in [0.05, 0.1) is 6.10 Å². The molecule has 0 saturated heterocycles. The van der Waals surface area contributed by atoms with E-state index in [-0.39, 0.29) is 17.4 Å². The Hall–Kier alpha value is -2.29. The normalized spacial score (nSPS) is 11.4. The summed E-state index contributed by atoms with van der Waals surface area (Å²) in [7, 11) is 0. The molecule has 23 heavy (non-hydrogen) atoms. The standard InChI is InChI=1S/C20H25NO2/c1-14(2)23-16-10-8-9-15(13-16)19(22)21-18-12-7-6-11-17(18)20(3,4)5/h6-14H,1-5H3,(H,21,22). The van der Waals surface area contributed by atoms with Crippen molar-refractivity contribution in [3.63, 3.8) is 0 Å². The van der Waals surface area contributed by atoms with Crippen LogP contribution in [0, 0.1) is 0 Å². The van der Waals surface area contributed by atoms with Gasteiger partial charge in [-0.15, -0.1) is 0 Å². The Balaban J connectivity index is 2.23. The van der Waals surface area contributed by atoms with E-state index in [1.807, 2.05) is 50.2 Å². The fraction of sp³-hybridized carbons (Fsp3) is 0.350. The molecule has 1 amide bonds. The number of benzene rings is 2. The van der Waals surface area contributed by atoms with E-state index in [1.165, 1.54) is 0 Å². The van der Waals surface area contributed by atoms with E-state index in [0.717, 1.165) is 11.3 Å². The molecule has 0 aliphatic rings. The van der Waals surface area contributed by atoms with Gasteiger partial charge in [0.2, 0.25) is 0 Å². The van der Waals surface area contributed by atoms with Gasteiger partial charge in [-0.05, 0) is 49.1 Å². The van der Waals surface area contributed by atoms with Gasteiger partial charge in [-0.3, -0.25) is 4.79 Å². The molecule has 122 valence electrons. The van der Waals surface area contributed by atoms with Crippen LogP contribution in [0.4, 0.5) is 5.69 Å². The Labute approximate surface area is 138 Å². The lowest BCUT2D eigenvalue weighted by Gasteiger charge is -2.23. The van der Waals surface area contributed by atoms with Gasteiger partial charge in [0.1, 0.15) is 5.75 Å². The summed E-state index contributed by atoms with van der Waals surface area (Å²) in [5.41, 5.74) is 2.52. The summed E-state index contributed by atoms with van der Waals surface area (Å²) in [6, 6.07) is 15.2. The van der Waals surface area contributed by atoms with Crippen molar-refractivity contribution in [3.8, 4) is 5.75 Å². The van der Waals surface area contributed by atoms with Gasteiger partial charge in [0.15, 0.2) is 0 Å². The maximum Gasteiger partial charge on any atom is 0.255 e. The van der Waals surface area contributed by atoms with E-state index in [2.05, 4.69) is 26.1 Å². The average Bonchev–Trinajstić information content (AvgIpc) is 2.46. The highest BCUT2D eigenvalue weighted by molar-refractivity contribution is 6.05. The van der Waals surface area contributed by atoms with E-state index in [4.69, 9.17) is 4.74 Å². The molecule has 0 fully saturated rings. The van der Waals surface area contributed by atoms with E-state index in [9.17, 15) is 4.79 Å². The van der Waals surface area contributed by atoms with E-state index in [1.54, 1.807) is 12.1 Å². The lowest BCUT2D eigenvalue weighted by atomic mass is 9.86. The Morgan fingerprint density at radius 1 is 1.04 bits per heavy atom. The molecular formula is C20H25NO2. The SMILES string of the molecule is CC(C)Oc1cccc(C(=O)Nc2ccccc2C(C)(C)C)c1. The fourth-order valence-corrected chi connectivity index (χ4v) is 2.42. The molecule has 3 heteroatoms. The van der Waals surface area contributed by atoms with Crippen LogP contribution in [0.1, 0.15) is 50.5 Å². The molecular weight excluding hydrogens is 286 g/mol. The molecule has 2 rings (SSSR count). The third-order valence-electron chi connectivity index (χ3n) is 3.45. The van der Waals surface area contributed by atoms with Crippen LogP contribution in [-0.2, 0) is 5.41 Å². The smallest absolute Gasteiger partial charge is 0.255 e. The van der Waals surface area contributed by atoms with Crippen molar-refractivity contribution >= 4 is 11.6 Å². The first-order chi connectivity index (χ1) is 10.8. The molecule has 0 aliphatic carbocycles. The minimum Gasteiger partial charge on any atom is -0.491 e. The molecule has 1 N–H and O–H groups in total. The quantitative estimate of drug-likeness (QED) is 0.860. The molecule has 0 radical (unpaired) electrons. The van der Waals surface area contributed by atoms with Crippen molar-refractivity contribution in [2.24, 2.45) is 0 Å². The highest BCUT2D eigenvalue weighted by atomic mass is 16.5. The van der Waals surface area contributed by atoms with Crippen molar-refractivity contribution in [3.05, 3.63) is 59.7 Å². The molecule has 0 bridgehead atoms. The first-order valence-electron chi connectivity index (χ1n) is 7.95. The highest BCUT2D eigenvalue weighted by Crippen LogP contribution is 2.29. The lowest BCUT2D eigenvalue weighted by molar-refractivity contribution is 0.102. The largest absolute Gasteiger partial charge is 0.491 e. The maximum absolute atomic E-state index is 12.6. The number of carbonyl (C=O) groups is 1. The summed E-state index contributed by atoms with van der Waals surface area (Å²) in [5, 5.41) is 3.02. The second kappa shape index (κ2) is 6.86. The van der Waals surface area contributed by atoms with Crippen LogP contribution < -0.4 is 10.1 Å². The number of carbonyl (C=O) groups excluding carboxylic acids is 1. The number of anilines is 1. The van der Waals surface area contributed by atoms with Crippen LogP contribution in [0.15, 0.2) is 48.5 Å². The molecule has 0 saturated carbocycles. The average molecular weight is 311 g/mol. The minimum absolute atomic E-state index is 0.0352. The van der Waals surface area contributed by atoms with E-state index in [0.29, 0.717) is 11.3 Å². The lowest BCUT2D eigenvalue weighted by Crippen LogP contribution is -2.18. The molecule has 0 spiro atoms. The second-order valence-corrected chi connectivity index (χ2v) is 6.94. The molecule has 2 aromatic carbocycles. The number of para-hydroxylation sites is 1. The monoisotopic (exact) mass is 311 g/mol. The number of amides is 1. The number of hydrogen-bond donors (Lipinski definition) is 1. The Morgan fingerprint density at radius 3 is 2.39 bits per heavy atom. The molecule has 0 aliphatic heterocycles. The second-order valence-electron chi connectivity index (χ2n) is 6.94. The van der Waals surface area contributed by atoms with Gasteiger partial charge in [-0.25, -0.2) is 0 Å². The van der Waals surface area contributed by atoms with Crippen LogP contribution in [0.2, 0.25) is 0 Å². The van der Waals surface area contributed by atoms with Gasteiger partial charge >= 0.3 is 0 Å². The highest BCUT2D eigenvalue weighted by Gasteiger charge is 2.19. The summed E-state index contributed by atoms with van der Waals surface area (Å²) in [6.07, 6.45) is 0.0786. The Bertz CT molecular complexity index is 684. The fourth-order valence-electron chi connectivity index (χ4n) is 2.42. The van der Waals surface area contributed by atoms with Gasteiger partial charge in [-0.1, -0.05) is 45.0 Å². The van der Waals surface area contributed by atoms with Crippen molar-refractivity contribution in [2.75, 3.05) is 5.32 Å². The summed E-state index contributed by atoms with van der Waals surface area (Å²) in [5.74, 6) is 0.577. The van der Waals surface area contributed by atoms with Crippen LogP contribution >= 0.6 is 0 Å². The molecule has 0 heterocycles. The van der Waals surface area contributed by atoms with Gasteiger partial charge in [0.25, 0.3) is 5.91 Å². The first kappa shape index (κ1) is 17.1. The third-order valence-corrected chi connectivity index (χ3v) is 3.45. The molecule has 3 nitrogen and oxygen atoms in total. The Kier molecular flexibility index (Phi) is 5.09. The number of nitrogens with one attached hydrogen (secondary N) is 1. The zero-order valence-corrected chi connectivity index (χ0v) is 14.5. The van der Waals surface area contributed by atoms with Crippen molar-refractivity contribution in [2.45, 2.75) is 46.1 Å². The first-order valence-corrected chi connectivity index (χ1v) is 7.95. The van der Waals surface area contributed by atoms with Gasteiger partial charge in [-0.2, -0.15) is 0 Å². The van der Waals surface area contributed by atoms with Crippen molar-refractivity contribution in [1.29, 1.82) is 0 Å². The Morgan fingerprint density at radius 2 is 1.74 bits per heavy atom. The van der Waals surface area contributed by atoms with E-state index < -0.39 is 0 Å². The van der Waals surface area contributed by atoms with Gasteiger partial charge < -0.3 is 10.1 Å². The summed E-state index contributed by atoms with van der Waals surface area (Å²) in [4.78, 5) is 12.6. The summed E-state index contributed by atoms with van der Waals surface area (Å²) >= 11 is 0. The number of rotatable bonds is 4. The zero-order valence-electron chi connectivity index (χ0n) is 14.5.